The van der Waals surface area contributed by atoms with E-state index in [1.54, 1.807) is 11.3 Å². The van der Waals surface area contributed by atoms with E-state index in [-0.39, 0.29) is 18.4 Å². The van der Waals surface area contributed by atoms with Gasteiger partial charge in [-0.2, -0.15) is 0 Å². The van der Waals surface area contributed by atoms with Crippen molar-refractivity contribution in [1.29, 1.82) is 0 Å². The Morgan fingerprint density at radius 3 is 2.70 bits per heavy atom. The highest BCUT2D eigenvalue weighted by Crippen LogP contribution is 2.37. The molecule has 20 heavy (non-hydrogen) atoms. The van der Waals surface area contributed by atoms with Crippen LogP contribution in [0.1, 0.15) is 37.0 Å². The number of halogens is 1. The first kappa shape index (κ1) is 14.1. The first-order valence-corrected chi connectivity index (χ1v) is 8.61. The van der Waals surface area contributed by atoms with Gasteiger partial charge in [0.15, 0.2) is 0 Å². The standard InChI is InChI=1S/C14H17BrN2O2S/c15-10-6-11(20-9-10)8-17-12(18)7-16-13(19)14(17)4-2-1-3-5-14/h6,9H,1-5,7-8H2,(H,16,19). The Kier molecular flexibility index (Phi) is 3.86. The highest BCUT2D eigenvalue weighted by Gasteiger charge is 2.49. The predicted molar refractivity (Wildman–Crippen MR) is 81.4 cm³/mol. The van der Waals surface area contributed by atoms with Crippen molar-refractivity contribution in [1.82, 2.24) is 10.2 Å². The van der Waals surface area contributed by atoms with E-state index >= 15 is 0 Å². The summed E-state index contributed by atoms with van der Waals surface area (Å²) >= 11 is 5.06. The van der Waals surface area contributed by atoms with E-state index in [2.05, 4.69) is 21.2 Å². The lowest BCUT2D eigenvalue weighted by Gasteiger charge is -2.47. The van der Waals surface area contributed by atoms with E-state index in [1.807, 2.05) is 16.3 Å². The fourth-order valence-electron chi connectivity index (χ4n) is 3.24. The highest BCUT2D eigenvalue weighted by molar-refractivity contribution is 9.10. The first-order valence-electron chi connectivity index (χ1n) is 6.93. The van der Waals surface area contributed by atoms with Crippen LogP contribution in [0, 0.1) is 0 Å². The fourth-order valence-corrected chi connectivity index (χ4v) is 4.68. The number of hydrogen-bond donors (Lipinski definition) is 1. The number of rotatable bonds is 2. The molecule has 1 N–H and O–H groups in total. The van der Waals surface area contributed by atoms with E-state index in [0.717, 1.165) is 41.5 Å². The molecule has 2 aliphatic rings. The number of carbonyl (C=O) groups excluding carboxylic acids is 2. The summed E-state index contributed by atoms with van der Waals surface area (Å²) in [7, 11) is 0. The topological polar surface area (TPSA) is 49.4 Å². The number of nitrogens with one attached hydrogen (secondary N) is 1. The van der Waals surface area contributed by atoms with Crippen LogP contribution in [-0.2, 0) is 16.1 Å². The summed E-state index contributed by atoms with van der Waals surface area (Å²) in [6, 6.07) is 2.03. The molecule has 0 aromatic carbocycles. The zero-order valence-corrected chi connectivity index (χ0v) is 13.6. The van der Waals surface area contributed by atoms with Gasteiger partial charge in [-0.25, -0.2) is 0 Å². The second-order valence-electron chi connectivity index (χ2n) is 5.49. The van der Waals surface area contributed by atoms with Crippen molar-refractivity contribution >= 4 is 39.1 Å². The van der Waals surface area contributed by atoms with Crippen LogP contribution in [0.15, 0.2) is 15.9 Å². The molecule has 2 fully saturated rings. The molecule has 6 heteroatoms. The molecule has 1 aromatic rings. The number of amides is 2. The smallest absolute Gasteiger partial charge is 0.246 e. The Hall–Kier alpha value is -0.880. The van der Waals surface area contributed by atoms with Crippen molar-refractivity contribution in [3.05, 3.63) is 20.8 Å². The van der Waals surface area contributed by atoms with Gasteiger partial charge in [-0.3, -0.25) is 9.59 Å². The van der Waals surface area contributed by atoms with Gasteiger partial charge in [0.1, 0.15) is 5.54 Å². The molecular weight excluding hydrogens is 340 g/mol. The maximum atomic E-state index is 12.4. The Balaban J connectivity index is 1.90. The molecule has 1 aliphatic heterocycles. The van der Waals surface area contributed by atoms with Crippen LogP contribution < -0.4 is 5.32 Å². The lowest BCUT2D eigenvalue weighted by Crippen LogP contribution is -2.67. The summed E-state index contributed by atoms with van der Waals surface area (Å²) in [5.74, 6) is 0.0726. The van der Waals surface area contributed by atoms with Crippen LogP contribution in [-0.4, -0.2) is 28.8 Å². The van der Waals surface area contributed by atoms with Crippen molar-refractivity contribution in [2.45, 2.75) is 44.2 Å². The highest BCUT2D eigenvalue weighted by atomic mass is 79.9. The molecule has 0 radical (unpaired) electrons. The Morgan fingerprint density at radius 1 is 1.30 bits per heavy atom. The van der Waals surface area contributed by atoms with Gasteiger partial charge in [0.25, 0.3) is 0 Å². The molecule has 1 aliphatic carbocycles. The largest absolute Gasteiger partial charge is 0.345 e. The molecule has 3 rings (SSSR count). The molecule has 1 saturated heterocycles. The Labute approximate surface area is 130 Å². The van der Waals surface area contributed by atoms with E-state index < -0.39 is 5.54 Å². The number of nitrogens with zero attached hydrogens (tertiary/aromatic N) is 1. The van der Waals surface area contributed by atoms with Gasteiger partial charge in [-0.15, -0.1) is 11.3 Å². The predicted octanol–water partition coefficient (Wildman–Crippen LogP) is 2.67. The maximum absolute atomic E-state index is 12.4. The normalized spacial score (nSPS) is 22.1. The van der Waals surface area contributed by atoms with Crippen LogP contribution in [0.3, 0.4) is 0 Å². The SMILES string of the molecule is O=C1CNC(=O)C2(CCCCC2)N1Cc1cc(Br)cs1. The first-order chi connectivity index (χ1) is 9.62. The molecule has 4 nitrogen and oxygen atoms in total. The fraction of sp³-hybridized carbons (Fsp3) is 0.571. The van der Waals surface area contributed by atoms with Gasteiger partial charge in [-0.05, 0) is 34.8 Å². The summed E-state index contributed by atoms with van der Waals surface area (Å²) in [5, 5.41) is 4.79. The van der Waals surface area contributed by atoms with Gasteiger partial charge in [0.2, 0.25) is 11.8 Å². The third-order valence-corrected chi connectivity index (χ3v) is 5.94. The lowest BCUT2D eigenvalue weighted by atomic mass is 9.78. The van der Waals surface area contributed by atoms with Crippen molar-refractivity contribution in [3.8, 4) is 0 Å². The minimum Gasteiger partial charge on any atom is -0.345 e. The summed E-state index contributed by atoms with van der Waals surface area (Å²) in [5.41, 5.74) is -0.607. The summed E-state index contributed by atoms with van der Waals surface area (Å²) in [4.78, 5) is 27.7. The van der Waals surface area contributed by atoms with Crippen LogP contribution in [0.4, 0.5) is 0 Å². The Bertz CT molecular complexity index is 537. The molecule has 0 atom stereocenters. The van der Waals surface area contributed by atoms with Crippen molar-refractivity contribution in [2.75, 3.05) is 6.54 Å². The van der Waals surface area contributed by atoms with Gasteiger partial charge >= 0.3 is 0 Å². The third-order valence-electron chi connectivity index (χ3n) is 4.26. The van der Waals surface area contributed by atoms with Crippen molar-refractivity contribution < 1.29 is 9.59 Å². The monoisotopic (exact) mass is 356 g/mol. The molecule has 0 bridgehead atoms. The van der Waals surface area contributed by atoms with Gasteiger partial charge < -0.3 is 10.2 Å². The average Bonchev–Trinajstić information content (AvgIpc) is 2.86. The van der Waals surface area contributed by atoms with E-state index in [4.69, 9.17) is 0 Å². The number of thiophene rings is 1. The van der Waals surface area contributed by atoms with E-state index in [0.29, 0.717) is 6.54 Å². The molecule has 1 saturated carbocycles. The molecular formula is C14H17BrN2O2S. The minimum atomic E-state index is -0.607. The zero-order valence-electron chi connectivity index (χ0n) is 11.2. The average molecular weight is 357 g/mol. The van der Waals surface area contributed by atoms with Gasteiger partial charge in [0, 0.05) is 14.7 Å². The lowest BCUT2D eigenvalue weighted by molar-refractivity contribution is -0.157. The maximum Gasteiger partial charge on any atom is 0.246 e. The van der Waals surface area contributed by atoms with Crippen LogP contribution >= 0.6 is 27.3 Å². The molecule has 1 spiro atoms. The number of hydrogen-bond acceptors (Lipinski definition) is 3. The van der Waals surface area contributed by atoms with Gasteiger partial charge in [-0.1, -0.05) is 19.3 Å². The molecule has 2 amide bonds. The summed E-state index contributed by atoms with van der Waals surface area (Å²) in [6.45, 7) is 0.676. The second kappa shape index (κ2) is 5.48. The van der Waals surface area contributed by atoms with Gasteiger partial charge in [0.05, 0.1) is 13.1 Å². The van der Waals surface area contributed by atoms with E-state index in [1.165, 1.54) is 0 Å². The second-order valence-corrected chi connectivity index (χ2v) is 7.40. The van der Waals surface area contributed by atoms with Crippen molar-refractivity contribution in [2.24, 2.45) is 0 Å². The molecule has 2 heterocycles. The molecule has 108 valence electrons. The third kappa shape index (κ3) is 2.39. The number of piperazine rings is 1. The quantitative estimate of drug-likeness (QED) is 0.885. The summed E-state index contributed by atoms with van der Waals surface area (Å²) < 4.78 is 1.03. The molecule has 1 aromatic heterocycles. The van der Waals surface area contributed by atoms with Crippen LogP contribution in [0.2, 0.25) is 0 Å². The van der Waals surface area contributed by atoms with Crippen molar-refractivity contribution in [3.63, 3.8) is 0 Å². The molecule has 0 unspecified atom stereocenters. The van der Waals surface area contributed by atoms with Crippen LogP contribution in [0.5, 0.6) is 0 Å². The number of carbonyl (C=O) groups is 2. The zero-order chi connectivity index (χ0) is 14.2. The van der Waals surface area contributed by atoms with Crippen LogP contribution in [0.25, 0.3) is 0 Å². The Morgan fingerprint density at radius 2 is 2.05 bits per heavy atom. The van der Waals surface area contributed by atoms with E-state index in [9.17, 15) is 9.59 Å². The minimum absolute atomic E-state index is 0.0346. The summed E-state index contributed by atoms with van der Waals surface area (Å²) in [6.07, 6.45) is 4.77.